The summed E-state index contributed by atoms with van der Waals surface area (Å²) in [4.78, 5) is 12.5. The number of halogens is 2. The van der Waals surface area contributed by atoms with Crippen LogP contribution in [-0.2, 0) is 27.2 Å². The maximum atomic E-state index is 9.00. The van der Waals surface area contributed by atoms with Crippen LogP contribution < -0.4 is 0 Å². The van der Waals surface area contributed by atoms with Gasteiger partial charge in [-0.15, -0.1) is 0 Å². The predicted molar refractivity (Wildman–Crippen MR) is 73.9 cm³/mol. The van der Waals surface area contributed by atoms with Crippen LogP contribution in [0.5, 0.6) is 0 Å². The van der Waals surface area contributed by atoms with Gasteiger partial charge in [-0.05, 0) is 20.0 Å². The molecule has 0 aliphatic carbocycles. The van der Waals surface area contributed by atoms with E-state index in [0.717, 1.165) is 6.92 Å². The molecule has 2 N–H and O–H groups in total. The Morgan fingerprint density at radius 2 is 1.74 bits per heavy atom. The van der Waals surface area contributed by atoms with E-state index in [1.54, 1.807) is 16.5 Å². The van der Waals surface area contributed by atoms with Gasteiger partial charge in [-0.3, -0.25) is 4.79 Å². The van der Waals surface area contributed by atoms with Crippen molar-refractivity contribution in [2.24, 2.45) is 0 Å². The van der Waals surface area contributed by atoms with Crippen LogP contribution in [0.2, 0.25) is 0 Å². The Kier molecular flexibility index (Phi) is 18.4. The number of aliphatic carboxylic acids is 1. The minimum absolute atomic E-state index is 0. The molecule has 0 aromatic heterocycles. The van der Waals surface area contributed by atoms with E-state index < -0.39 is 5.97 Å². The van der Waals surface area contributed by atoms with E-state index in [9.17, 15) is 0 Å². The molecule has 1 heterocycles. The average Bonchev–Trinajstić information content (AvgIpc) is 2.56. The minimum Gasteiger partial charge on any atom is -0.494 e. The van der Waals surface area contributed by atoms with Crippen molar-refractivity contribution in [2.45, 2.75) is 27.2 Å². The molecule has 5 nitrogen and oxygen atoms in total. The minimum atomic E-state index is -0.833. The number of aliphatic hydroxyl groups is 1. The topological polar surface area (TPSA) is 64.0 Å². The molecule has 0 radical (unpaired) electrons. The normalized spacial score (nSPS) is 13.0. The summed E-state index contributed by atoms with van der Waals surface area (Å²) >= 11 is 11.7. The van der Waals surface area contributed by atoms with Gasteiger partial charge in [0, 0.05) is 13.5 Å². The second-order valence-electron chi connectivity index (χ2n) is 3.10. The second kappa shape index (κ2) is 14.5. The summed E-state index contributed by atoms with van der Waals surface area (Å²) < 4.78 is 0. The Labute approximate surface area is 140 Å². The molecule has 8 heteroatoms. The van der Waals surface area contributed by atoms with E-state index in [2.05, 4.69) is 0 Å². The van der Waals surface area contributed by atoms with E-state index in [1.165, 1.54) is 0 Å². The molecule has 1 rings (SSSR count). The van der Waals surface area contributed by atoms with Gasteiger partial charge in [-0.1, -0.05) is 37.0 Å². The summed E-state index contributed by atoms with van der Waals surface area (Å²) in [5, 5.41) is 17.1. The first kappa shape index (κ1) is 24.1. The molecule has 0 saturated heterocycles. The number of hydrogen-bond acceptors (Lipinski definition) is 4. The van der Waals surface area contributed by atoms with Crippen LogP contribution in [0, 0.1) is 6.67 Å². The molecule has 0 spiro atoms. The molecule has 0 aromatic carbocycles. The van der Waals surface area contributed by atoms with Crippen molar-refractivity contribution in [2.75, 3.05) is 20.2 Å². The number of carboxylic acid groups (broad SMARTS) is 1. The quantitative estimate of drug-likeness (QED) is 0.427. The van der Waals surface area contributed by atoms with Crippen LogP contribution in [0.1, 0.15) is 27.2 Å². The van der Waals surface area contributed by atoms with Gasteiger partial charge in [0.15, 0.2) is 0 Å². The maximum absolute atomic E-state index is 9.00. The molecule has 0 aromatic rings. The fraction of sp³-hybridized carbons (Fsp3) is 0.636. The van der Waals surface area contributed by atoms with Crippen molar-refractivity contribution >= 4 is 29.2 Å². The van der Waals surface area contributed by atoms with Crippen LogP contribution in [0.4, 0.5) is 0 Å². The van der Waals surface area contributed by atoms with Gasteiger partial charge in [0.2, 0.25) is 0 Å². The summed E-state index contributed by atoms with van der Waals surface area (Å²) in [5.41, 5.74) is 0. The van der Waals surface area contributed by atoms with Crippen LogP contribution in [-0.4, -0.2) is 46.2 Å². The van der Waals surface area contributed by atoms with E-state index in [1.807, 2.05) is 20.9 Å². The first-order valence-corrected chi connectivity index (χ1v) is 6.35. The number of carboxylic acids is 1. The fourth-order valence-corrected chi connectivity index (χ4v) is 1.39. The second-order valence-corrected chi connectivity index (χ2v) is 3.81. The molecule has 19 heavy (non-hydrogen) atoms. The molecular weight excluding hydrogens is 387 g/mol. The van der Waals surface area contributed by atoms with Gasteiger partial charge >= 0.3 is 22.4 Å². The zero-order valence-corrected chi connectivity index (χ0v) is 14.4. The largest absolute Gasteiger partial charge is 1.00 e. The number of hydrogen-bond donors (Lipinski definition) is 2. The molecule has 1 aliphatic heterocycles. The third-order valence-corrected chi connectivity index (χ3v) is 2.54. The Morgan fingerprint density at radius 3 is 2.00 bits per heavy atom. The molecule has 0 saturated carbocycles. The van der Waals surface area contributed by atoms with Crippen molar-refractivity contribution in [3.8, 4) is 0 Å². The summed E-state index contributed by atoms with van der Waals surface area (Å²) in [7, 11) is 1.82. The molecule has 1 aliphatic rings. The summed E-state index contributed by atoms with van der Waals surface area (Å²) in [6.07, 6.45) is 0.685. The average molecular weight is 408 g/mol. The van der Waals surface area contributed by atoms with Gasteiger partial charge in [-0.2, -0.15) is 6.67 Å². The maximum Gasteiger partial charge on any atom is 1.00 e. The first-order valence-electron chi connectivity index (χ1n) is 5.60. The van der Waals surface area contributed by atoms with Crippen LogP contribution in [0.3, 0.4) is 0 Å². The Hall–Kier alpha value is 0.0903. The van der Waals surface area contributed by atoms with Gasteiger partial charge in [0.25, 0.3) is 5.97 Å². The standard InChI is InChI=1S/C7H11Cl2N2O.C2H4O2.C2H6.Ag/c1-10-5-11(3-2-4-12)7(9)6(10)8;1-2(3)4;1-2;/h5,12H,2-4H2,1H3;1H3,(H,3,4);1-2H3;/q-1;;;+1. The van der Waals surface area contributed by atoms with Crippen molar-refractivity contribution in [3.05, 3.63) is 17.0 Å². The molecule has 0 amide bonds. The Balaban J connectivity index is -0.000000316. The number of rotatable bonds is 3. The molecule has 0 atom stereocenters. The molecule has 0 unspecified atom stereocenters. The van der Waals surface area contributed by atoms with Crippen molar-refractivity contribution in [3.63, 3.8) is 0 Å². The van der Waals surface area contributed by atoms with Gasteiger partial charge < -0.3 is 20.0 Å². The molecule has 0 bridgehead atoms. The zero-order valence-electron chi connectivity index (χ0n) is 11.5. The Bertz CT molecular complexity index is 275. The van der Waals surface area contributed by atoms with E-state index in [0.29, 0.717) is 23.3 Å². The number of aliphatic hydroxyl groups excluding tert-OH is 1. The summed E-state index contributed by atoms with van der Waals surface area (Å²) in [6.45, 7) is 7.74. The zero-order chi connectivity index (χ0) is 14.7. The fourth-order valence-electron chi connectivity index (χ4n) is 0.971. The van der Waals surface area contributed by atoms with E-state index in [4.69, 9.17) is 38.2 Å². The van der Waals surface area contributed by atoms with E-state index >= 15 is 0 Å². The number of nitrogens with zero attached hydrogens (tertiary/aromatic N) is 2. The third kappa shape index (κ3) is 11.6. The van der Waals surface area contributed by atoms with Gasteiger partial charge in [0.05, 0.1) is 0 Å². The molecular formula is C11H21AgCl2N2O3. The third-order valence-electron chi connectivity index (χ3n) is 1.60. The number of carbonyl (C=O) groups is 1. The molecule has 118 valence electrons. The van der Waals surface area contributed by atoms with Crippen molar-refractivity contribution in [1.82, 2.24) is 9.80 Å². The van der Waals surface area contributed by atoms with E-state index in [-0.39, 0.29) is 29.0 Å². The van der Waals surface area contributed by atoms with Gasteiger partial charge in [-0.25, -0.2) is 0 Å². The Morgan fingerprint density at radius 1 is 1.32 bits per heavy atom. The first-order chi connectivity index (χ1) is 8.40. The monoisotopic (exact) mass is 406 g/mol. The SMILES string of the molecule is CC.CC(=O)O.CN1[CH-]N(CCCO)C(Cl)=C1Cl.[Ag+]. The summed E-state index contributed by atoms with van der Waals surface area (Å²) in [5.74, 6) is -0.833. The van der Waals surface area contributed by atoms with Gasteiger partial charge in [0.1, 0.15) is 10.3 Å². The van der Waals surface area contributed by atoms with Crippen molar-refractivity contribution < 1.29 is 37.4 Å². The summed E-state index contributed by atoms with van der Waals surface area (Å²) in [6, 6.07) is 0. The predicted octanol–water partition coefficient (Wildman–Crippen LogP) is 2.45. The van der Waals surface area contributed by atoms with Crippen LogP contribution in [0.25, 0.3) is 0 Å². The van der Waals surface area contributed by atoms with Crippen LogP contribution in [0.15, 0.2) is 10.3 Å². The smallest absolute Gasteiger partial charge is 0.494 e. The molecule has 0 fully saturated rings. The van der Waals surface area contributed by atoms with Crippen molar-refractivity contribution in [1.29, 1.82) is 0 Å². The van der Waals surface area contributed by atoms with Crippen LogP contribution >= 0.6 is 23.2 Å².